The van der Waals surface area contributed by atoms with E-state index in [0.29, 0.717) is 19.3 Å². The molecule has 51 heavy (non-hydrogen) atoms. The van der Waals surface area contributed by atoms with Gasteiger partial charge in [-0.2, -0.15) is 0 Å². The van der Waals surface area contributed by atoms with E-state index in [-0.39, 0.29) is 35.4 Å². The molecule has 3 amide bonds. The lowest BCUT2D eigenvalue weighted by Gasteiger charge is -2.22. The molecule has 0 aromatic heterocycles. The SMILES string of the molecule is CC1OC2=NC1C(=O)NC(Cc1ccccc1)C1=NC(C(=O)NC(Cc3ccccc3)C3=NC(C(=O)NC2Cc2ccccc2)C(C)O3)C(C)O1. The monoisotopic (exact) mass is 690 g/mol. The standard InChI is InChI=1S/C39H42N6O6/c1-22-31-34(46)40-29(20-26-15-9-5-10-16-26)38-44-33(24(3)50-38)36(48)42-30(21-27-17-11-6-12-18-27)39-45-32(23(2)51-39)35(47)41-28(37(43-31)49-22)19-25-13-7-4-8-14-25/h4-18,22-24,28-33H,19-21H2,1-3H3,(H,40,46)(H,41,47)(H,42,48). The number of amides is 3. The van der Waals surface area contributed by atoms with Crippen LogP contribution in [0.3, 0.4) is 0 Å². The molecule has 0 saturated carbocycles. The Hall–Kier alpha value is -5.52. The van der Waals surface area contributed by atoms with Crippen molar-refractivity contribution in [3.05, 3.63) is 108 Å². The molecule has 3 N–H and O–H groups in total. The maximum absolute atomic E-state index is 14.0. The van der Waals surface area contributed by atoms with Crippen LogP contribution in [0.2, 0.25) is 0 Å². The average molecular weight is 691 g/mol. The highest BCUT2D eigenvalue weighted by Gasteiger charge is 2.44. The van der Waals surface area contributed by atoms with Gasteiger partial charge < -0.3 is 30.2 Å². The van der Waals surface area contributed by atoms with Gasteiger partial charge >= 0.3 is 0 Å². The maximum atomic E-state index is 14.0. The van der Waals surface area contributed by atoms with Gasteiger partial charge in [-0.15, -0.1) is 0 Å². The van der Waals surface area contributed by atoms with Crippen LogP contribution in [0.15, 0.2) is 106 Å². The van der Waals surface area contributed by atoms with Crippen molar-refractivity contribution in [2.75, 3.05) is 0 Å². The summed E-state index contributed by atoms with van der Waals surface area (Å²) in [7, 11) is 0. The highest BCUT2D eigenvalue weighted by molar-refractivity contribution is 6.00. The predicted octanol–water partition coefficient (Wildman–Crippen LogP) is 2.74. The number of carbonyl (C=O) groups excluding carboxylic acids is 3. The minimum atomic E-state index is -0.900. The summed E-state index contributed by atoms with van der Waals surface area (Å²) in [5.41, 5.74) is 2.85. The highest BCUT2D eigenvalue weighted by atomic mass is 16.5. The first-order chi connectivity index (χ1) is 24.7. The first-order valence-electron chi connectivity index (χ1n) is 17.5. The van der Waals surface area contributed by atoms with Crippen LogP contribution in [-0.4, -0.2) is 90.0 Å². The van der Waals surface area contributed by atoms with Crippen molar-refractivity contribution >= 4 is 35.4 Å². The fourth-order valence-electron chi connectivity index (χ4n) is 6.83. The van der Waals surface area contributed by atoms with Gasteiger partial charge in [0.2, 0.25) is 35.4 Å². The normalized spacial score (nSPS) is 30.5. The molecule has 6 bridgehead atoms. The number of aliphatic imine (C=N–C) groups is 3. The van der Waals surface area contributed by atoms with Crippen LogP contribution in [0.1, 0.15) is 37.5 Å². The van der Waals surface area contributed by atoms with Crippen molar-refractivity contribution in [1.29, 1.82) is 0 Å². The van der Waals surface area contributed by atoms with E-state index in [1.54, 1.807) is 20.8 Å². The third kappa shape index (κ3) is 7.64. The average Bonchev–Trinajstić information content (AvgIpc) is 3.84. The molecule has 0 saturated heterocycles. The minimum Gasteiger partial charge on any atom is -0.474 e. The topological polar surface area (TPSA) is 152 Å². The van der Waals surface area contributed by atoms with E-state index in [0.717, 1.165) is 16.7 Å². The number of hydrogen-bond donors (Lipinski definition) is 3. The summed E-state index contributed by atoms with van der Waals surface area (Å²) in [5.74, 6) is -0.375. The second-order valence-electron chi connectivity index (χ2n) is 13.5. The third-order valence-electron chi connectivity index (χ3n) is 9.55. The Balaban J connectivity index is 1.28. The van der Waals surface area contributed by atoms with Gasteiger partial charge in [-0.1, -0.05) is 91.0 Å². The number of nitrogens with zero attached hydrogens (tertiary/aromatic N) is 3. The van der Waals surface area contributed by atoms with Gasteiger partial charge in [-0.25, -0.2) is 15.0 Å². The van der Waals surface area contributed by atoms with Gasteiger partial charge in [0.15, 0.2) is 18.1 Å². The smallest absolute Gasteiger partial charge is 0.249 e. The van der Waals surface area contributed by atoms with Crippen LogP contribution in [0, 0.1) is 0 Å². The van der Waals surface area contributed by atoms with E-state index in [4.69, 9.17) is 29.2 Å². The molecule has 12 heteroatoms. The van der Waals surface area contributed by atoms with Crippen molar-refractivity contribution in [3.63, 3.8) is 0 Å². The van der Waals surface area contributed by atoms with Crippen LogP contribution in [0.25, 0.3) is 0 Å². The van der Waals surface area contributed by atoms with E-state index >= 15 is 0 Å². The first-order valence-corrected chi connectivity index (χ1v) is 17.5. The molecule has 0 aliphatic carbocycles. The molecule has 3 aromatic rings. The van der Waals surface area contributed by atoms with E-state index in [1.807, 2.05) is 91.0 Å². The number of carbonyl (C=O) groups is 3. The van der Waals surface area contributed by atoms with Crippen molar-refractivity contribution in [1.82, 2.24) is 16.0 Å². The van der Waals surface area contributed by atoms with Crippen LogP contribution < -0.4 is 16.0 Å². The third-order valence-corrected chi connectivity index (χ3v) is 9.55. The van der Waals surface area contributed by atoms with E-state index in [9.17, 15) is 14.4 Å². The summed E-state index contributed by atoms with van der Waals surface area (Å²) in [6.07, 6.45) is -0.726. The summed E-state index contributed by atoms with van der Waals surface area (Å²) in [5, 5.41) is 9.29. The maximum Gasteiger partial charge on any atom is 0.249 e. The van der Waals surface area contributed by atoms with Crippen LogP contribution in [-0.2, 0) is 47.9 Å². The van der Waals surface area contributed by atoms with Crippen LogP contribution in [0.5, 0.6) is 0 Å². The molecule has 4 aliphatic rings. The van der Waals surface area contributed by atoms with Gasteiger partial charge in [-0.05, 0) is 37.5 Å². The number of rotatable bonds is 6. The predicted molar refractivity (Wildman–Crippen MR) is 192 cm³/mol. The quantitative estimate of drug-likeness (QED) is 0.362. The van der Waals surface area contributed by atoms with Gasteiger partial charge in [-0.3, -0.25) is 14.4 Å². The Labute approximate surface area is 296 Å². The lowest BCUT2D eigenvalue weighted by atomic mass is 10.0. The van der Waals surface area contributed by atoms with E-state index < -0.39 is 54.6 Å². The van der Waals surface area contributed by atoms with Crippen LogP contribution in [0.4, 0.5) is 0 Å². The fourth-order valence-corrected chi connectivity index (χ4v) is 6.83. The minimum absolute atomic E-state index is 0.258. The Morgan fingerprint density at radius 1 is 0.451 bits per heavy atom. The summed E-state index contributed by atoms with van der Waals surface area (Å²) >= 11 is 0. The molecule has 0 spiro atoms. The van der Waals surface area contributed by atoms with E-state index in [1.165, 1.54) is 0 Å². The Morgan fingerprint density at radius 2 is 0.706 bits per heavy atom. The largest absolute Gasteiger partial charge is 0.474 e. The lowest BCUT2D eigenvalue weighted by Crippen LogP contribution is -2.48. The molecule has 4 aliphatic heterocycles. The second-order valence-corrected chi connectivity index (χ2v) is 13.5. The van der Waals surface area contributed by atoms with E-state index in [2.05, 4.69) is 16.0 Å². The Bertz CT molecular complexity index is 1620. The molecule has 3 aromatic carbocycles. The fraction of sp³-hybridized carbons (Fsp3) is 0.385. The van der Waals surface area contributed by atoms with Gasteiger partial charge in [0.05, 0.1) is 0 Å². The summed E-state index contributed by atoms with van der Waals surface area (Å²) < 4.78 is 18.7. The Morgan fingerprint density at radius 3 is 0.961 bits per heavy atom. The molecule has 4 heterocycles. The van der Waals surface area contributed by atoms with Crippen molar-refractivity contribution < 1.29 is 28.6 Å². The molecule has 12 nitrogen and oxygen atoms in total. The molecule has 9 unspecified atom stereocenters. The van der Waals surface area contributed by atoms with Crippen molar-refractivity contribution in [2.45, 2.75) is 94.6 Å². The van der Waals surface area contributed by atoms with Crippen molar-refractivity contribution in [3.8, 4) is 0 Å². The number of fused-ring (bicyclic) bond motifs is 3. The Kier molecular flexibility index (Phi) is 9.83. The summed E-state index contributed by atoms with van der Waals surface area (Å²) in [4.78, 5) is 56.2. The summed E-state index contributed by atoms with van der Waals surface area (Å²) in [6, 6.07) is 24.3. The molecular weight excluding hydrogens is 648 g/mol. The molecule has 9 atom stereocenters. The number of benzene rings is 3. The first kappa shape index (κ1) is 34.0. The molecule has 0 radical (unpaired) electrons. The molecule has 264 valence electrons. The van der Waals surface area contributed by atoms with Crippen LogP contribution >= 0.6 is 0 Å². The molecule has 7 rings (SSSR count). The molecule has 0 fully saturated rings. The highest BCUT2D eigenvalue weighted by Crippen LogP contribution is 2.24. The molecular formula is C39H42N6O6. The number of nitrogens with one attached hydrogen (secondary N) is 3. The van der Waals surface area contributed by atoms with Gasteiger partial charge in [0, 0.05) is 19.3 Å². The van der Waals surface area contributed by atoms with Gasteiger partial charge in [0.25, 0.3) is 0 Å². The second kappa shape index (κ2) is 14.8. The zero-order valence-corrected chi connectivity index (χ0v) is 28.8. The zero-order chi connectivity index (χ0) is 35.5. The zero-order valence-electron chi connectivity index (χ0n) is 28.8. The summed E-state index contributed by atoms with van der Waals surface area (Å²) in [6.45, 7) is 5.33. The van der Waals surface area contributed by atoms with Gasteiger partial charge in [0.1, 0.15) is 36.4 Å². The lowest BCUT2D eigenvalue weighted by molar-refractivity contribution is -0.125. The van der Waals surface area contributed by atoms with Crippen molar-refractivity contribution in [2.24, 2.45) is 15.0 Å². The number of hydrogen-bond acceptors (Lipinski definition) is 9. The number of ether oxygens (including phenoxy) is 3.